The topological polar surface area (TPSA) is 62.5 Å². The number of aromatic nitrogens is 3. The molecular formula is C27H28FN5O. The van der Waals surface area contributed by atoms with Crippen LogP contribution in [0.3, 0.4) is 0 Å². The van der Waals surface area contributed by atoms with E-state index in [4.69, 9.17) is 5.10 Å². The van der Waals surface area contributed by atoms with Crippen LogP contribution in [0.15, 0.2) is 60.9 Å². The van der Waals surface area contributed by atoms with Crippen molar-refractivity contribution in [3.05, 3.63) is 83.4 Å². The molecule has 0 spiro atoms. The SMILES string of the molecule is Cc1ccc(-c2cc3c(N4CCC(C(=O)NCc5ccc(F)cc5)CC4)nccn3n2)c(C)c1. The summed E-state index contributed by atoms with van der Waals surface area (Å²) >= 11 is 0. The molecule has 1 aliphatic rings. The molecule has 0 unspecified atom stereocenters. The zero-order valence-corrected chi connectivity index (χ0v) is 19.5. The molecule has 5 rings (SSSR count). The van der Waals surface area contributed by atoms with Gasteiger partial charge in [0.2, 0.25) is 5.91 Å². The van der Waals surface area contributed by atoms with Crippen molar-refractivity contribution in [2.75, 3.05) is 18.0 Å². The second kappa shape index (κ2) is 9.25. The van der Waals surface area contributed by atoms with E-state index in [1.54, 1.807) is 18.3 Å². The Labute approximate surface area is 198 Å². The lowest BCUT2D eigenvalue weighted by atomic mass is 9.95. The number of halogens is 1. The van der Waals surface area contributed by atoms with Crippen molar-refractivity contribution in [1.82, 2.24) is 19.9 Å². The third-order valence-electron chi connectivity index (χ3n) is 6.57. The maximum absolute atomic E-state index is 13.1. The van der Waals surface area contributed by atoms with Crippen LogP contribution in [0.2, 0.25) is 0 Å². The van der Waals surface area contributed by atoms with Gasteiger partial charge in [0.25, 0.3) is 0 Å². The van der Waals surface area contributed by atoms with E-state index in [2.05, 4.69) is 53.3 Å². The average Bonchev–Trinajstić information content (AvgIpc) is 3.28. The number of fused-ring (bicyclic) bond motifs is 1. The lowest BCUT2D eigenvalue weighted by Crippen LogP contribution is -2.40. The average molecular weight is 458 g/mol. The highest BCUT2D eigenvalue weighted by molar-refractivity contribution is 5.80. The number of hydrogen-bond acceptors (Lipinski definition) is 4. The summed E-state index contributed by atoms with van der Waals surface area (Å²) in [6, 6.07) is 14.7. The van der Waals surface area contributed by atoms with E-state index in [1.165, 1.54) is 23.3 Å². The Kier molecular flexibility index (Phi) is 6.01. The molecule has 7 heteroatoms. The van der Waals surface area contributed by atoms with Gasteiger partial charge in [-0.05, 0) is 56.0 Å². The van der Waals surface area contributed by atoms with E-state index in [0.29, 0.717) is 6.54 Å². The zero-order chi connectivity index (χ0) is 23.7. The molecule has 1 N–H and O–H groups in total. The molecule has 0 atom stereocenters. The summed E-state index contributed by atoms with van der Waals surface area (Å²) in [4.78, 5) is 19.6. The van der Waals surface area contributed by atoms with E-state index < -0.39 is 0 Å². The van der Waals surface area contributed by atoms with Gasteiger partial charge in [0.15, 0.2) is 5.82 Å². The molecule has 2 aromatic carbocycles. The molecule has 0 bridgehead atoms. The number of amides is 1. The molecule has 4 aromatic rings. The van der Waals surface area contributed by atoms with Gasteiger partial charge in [-0.1, -0.05) is 35.9 Å². The highest BCUT2D eigenvalue weighted by Gasteiger charge is 2.26. The van der Waals surface area contributed by atoms with Crippen molar-refractivity contribution >= 4 is 17.2 Å². The predicted molar refractivity (Wildman–Crippen MR) is 131 cm³/mol. The molecule has 0 saturated carbocycles. The molecule has 3 heterocycles. The Morgan fingerprint density at radius 3 is 2.59 bits per heavy atom. The maximum Gasteiger partial charge on any atom is 0.223 e. The number of hydrogen-bond donors (Lipinski definition) is 1. The first-order valence-electron chi connectivity index (χ1n) is 11.7. The minimum absolute atomic E-state index is 0.0351. The lowest BCUT2D eigenvalue weighted by Gasteiger charge is -2.32. The van der Waals surface area contributed by atoms with Crippen LogP contribution in [0.5, 0.6) is 0 Å². The fourth-order valence-corrected chi connectivity index (χ4v) is 4.67. The number of rotatable bonds is 5. The highest BCUT2D eigenvalue weighted by Crippen LogP contribution is 2.30. The Balaban J connectivity index is 1.26. The van der Waals surface area contributed by atoms with Gasteiger partial charge < -0.3 is 10.2 Å². The standard InChI is InChI=1S/C27H28FN5O/c1-18-3-8-23(19(2)15-18)24-16-25-26(29-11-14-33(25)31-24)32-12-9-21(10-13-32)27(34)30-17-20-4-6-22(28)7-5-20/h3-8,11,14-16,21H,9-10,12-13,17H2,1-2H3,(H,30,34). The van der Waals surface area contributed by atoms with Gasteiger partial charge in [0.1, 0.15) is 11.3 Å². The fraction of sp³-hybridized carbons (Fsp3) is 0.296. The quantitative estimate of drug-likeness (QED) is 0.473. The van der Waals surface area contributed by atoms with Crippen molar-refractivity contribution < 1.29 is 9.18 Å². The van der Waals surface area contributed by atoms with Gasteiger partial charge in [-0.15, -0.1) is 0 Å². The van der Waals surface area contributed by atoms with Crippen LogP contribution in [-0.2, 0) is 11.3 Å². The molecule has 1 aliphatic heterocycles. The Morgan fingerprint density at radius 2 is 1.85 bits per heavy atom. The third-order valence-corrected chi connectivity index (χ3v) is 6.57. The van der Waals surface area contributed by atoms with Crippen molar-refractivity contribution in [3.8, 4) is 11.3 Å². The molecule has 6 nitrogen and oxygen atoms in total. The number of nitrogens with zero attached hydrogens (tertiary/aromatic N) is 4. The van der Waals surface area contributed by atoms with E-state index in [1.807, 2.05) is 10.7 Å². The molecule has 0 aliphatic carbocycles. The van der Waals surface area contributed by atoms with Crippen LogP contribution in [0.25, 0.3) is 16.8 Å². The van der Waals surface area contributed by atoms with Gasteiger partial charge in [-0.2, -0.15) is 5.10 Å². The molecule has 1 fully saturated rings. The van der Waals surface area contributed by atoms with Gasteiger partial charge in [-0.25, -0.2) is 13.9 Å². The second-order valence-corrected chi connectivity index (χ2v) is 9.03. The number of aryl methyl sites for hydroxylation is 2. The summed E-state index contributed by atoms with van der Waals surface area (Å²) in [5, 5.41) is 7.79. The van der Waals surface area contributed by atoms with Crippen molar-refractivity contribution in [2.45, 2.75) is 33.2 Å². The minimum Gasteiger partial charge on any atom is -0.355 e. The predicted octanol–water partition coefficient (Wildman–Crippen LogP) is 4.69. The molecule has 1 saturated heterocycles. The summed E-state index contributed by atoms with van der Waals surface area (Å²) in [5.41, 5.74) is 6.35. The van der Waals surface area contributed by atoms with Gasteiger partial charge >= 0.3 is 0 Å². The lowest BCUT2D eigenvalue weighted by molar-refractivity contribution is -0.125. The van der Waals surface area contributed by atoms with Crippen LogP contribution in [0, 0.1) is 25.6 Å². The summed E-state index contributed by atoms with van der Waals surface area (Å²) in [6.07, 6.45) is 5.18. The smallest absolute Gasteiger partial charge is 0.223 e. The van der Waals surface area contributed by atoms with E-state index in [0.717, 1.165) is 54.1 Å². The number of anilines is 1. The molecule has 2 aromatic heterocycles. The van der Waals surface area contributed by atoms with Gasteiger partial charge in [0.05, 0.1) is 5.69 Å². The number of benzene rings is 2. The molecule has 0 radical (unpaired) electrons. The van der Waals surface area contributed by atoms with Crippen LogP contribution in [-0.4, -0.2) is 33.6 Å². The van der Waals surface area contributed by atoms with Crippen molar-refractivity contribution in [3.63, 3.8) is 0 Å². The number of carbonyl (C=O) groups is 1. The maximum atomic E-state index is 13.1. The van der Waals surface area contributed by atoms with E-state index >= 15 is 0 Å². The van der Waals surface area contributed by atoms with Gasteiger partial charge in [0, 0.05) is 43.5 Å². The summed E-state index contributed by atoms with van der Waals surface area (Å²) in [6.45, 7) is 6.13. The van der Waals surface area contributed by atoms with Crippen LogP contribution in [0.1, 0.15) is 29.5 Å². The van der Waals surface area contributed by atoms with Crippen molar-refractivity contribution in [2.24, 2.45) is 5.92 Å². The summed E-state index contributed by atoms with van der Waals surface area (Å²) in [7, 11) is 0. The number of carbonyl (C=O) groups excluding carboxylic acids is 1. The van der Waals surface area contributed by atoms with Crippen molar-refractivity contribution in [1.29, 1.82) is 0 Å². The summed E-state index contributed by atoms with van der Waals surface area (Å²) in [5.74, 6) is 0.644. The van der Waals surface area contributed by atoms with Crippen LogP contribution >= 0.6 is 0 Å². The van der Waals surface area contributed by atoms with Crippen LogP contribution in [0.4, 0.5) is 10.2 Å². The number of piperidine rings is 1. The second-order valence-electron chi connectivity index (χ2n) is 9.03. The minimum atomic E-state index is -0.273. The van der Waals surface area contributed by atoms with Crippen LogP contribution < -0.4 is 10.2 Å². The summed E-state index contributed by atoms with van der Waals surface area (Å²) < 4.78 is 15.0. The van der Waals surface area contributed by atoms with Gasteiger partial charge in [-0.3, -0.25) is 4.79 Å². The largest absolute Gasteiger partial charge is 0.355 e. The Hall–Kier alpha value is -3.74. The molecule has 174 valence electrons. The first-order valence-corrected chi connectivity index (χ1v) is 11.7. The van der Waals surface area contributed by atoms with E-state index in [9.17, 15) is 9.18 Å². The first kappa shape index (κ1) is 22.1. The van der Waals surface area contributed by atoms with E-state index in [-0.39, 0.29) is 17.6 Å². The highest BCUT2D eigenvalue weighted by atomic mass is 19.1. The molecular weight excluding hydrogens is 429 g/mol. The molecule has 34 heavy (non-hydrogen) atoms. The monoisotopic (exact) mass is 457 g/mol. The molecule has 1 amide bonds. The fourth-order valence-electron chi connectivity index (χ4n) is 4.67. The Morgan fingerprint density at radius 1 is 1.09 bits per heavy atom. The zero-order valence-electron chi connectivity index (χ0n) is 19.5. The number of nitrogens with one attached hydrogen (secondary N) is 1. The Bertz CT molecular complexity index is 1320. The third kappa shape index (κ3) is 4.51. The normalized spacial score (nSPS) is 14.5. The first-order chi connectivity index (χ1) is 16.5.